The number of hydrogen-bond acceptors (Lipinski definition) is 7. The van der Waals surface area contributed by atoms with E-state index in [0.717, 1.165) is 30.0 Å². The van der Waals surface area contributed by atoms with Gasteiger partial charge in [0.25, 0.3) is 5.91 Å². The van der Waals surface area contributed by atoms with Crippen LogP contribution in [0.1, 0.15) is 33.6 Å². The average molecular weight is 426 g/mol. The minimum atomic E-state index is -0.909. The van der Waals surface area contributed by atoms with Gasteiger partial charge in [0.15, 0.2) is 5.37 Å². The van der Waals surface area contributed by atoms with Crippen molar-refractivity contribution in [3.05, 3.63) is 11.1 Å². The maximum Gasteiger partial charge on any atom is 0.407 e. The summed E-state index contributed by atoms with van der Waals surface area (Å²) in [6.45, 7) is 6.13. The second-order valence-electron chi connectivity index (χ2n) is 8.30. The Morgan fingerprint density at radius 2 is 2.07 bits per heavy atom. The van der Waals surface area contributed by atoms with Gasteiger partial charge >= 0.3 is 6.09 Å². The van der Waals surface area contributed by atoms with Gasteiger partial charge in [-0.1, -0.05) is 11.8 Å². The number of carbonyl (C=O) groups excluding carboxylic acids is 3. The summed E-state index contributed by atoms with van der Waals surface area (Å²) in [4.78, 5) is 46.2. The fourth-order valence-corrected chi connectivity index (χ4v) is 3.97. The average Bonchev–Trinajstić information content (AvgIpc) is 2.90. The molecule has 0 fully saturated rings. The summed E-state index contributed by atoms with van der Waals surface area (Å²) in [6, 6.07) is -0.909. The topological polar surface area (TPSA) is 103 Å². The van der Waals surface area contributed by atoms with Gasteiger partial charge in [-0.25, -0.2) is 4.79 Å². The fourth-order valence-electron chi connectivity index (χ4n) is 2.84. The first-order chi connectivity index (χ1) is 13.5. The Labute approximate surface area is 176 Å². The predicted molar refractivity (Wildman–Crippen MR) is 114 cm³/mol. The number of aliphatic imine (C=N–C) groups is 1. The number of thioether (sulfide) groups is 1. The summed E-state index contributed by atoms with van der Waals surface area (Å²) >= 11 is 1.38. The van der Waals surface area contributed by atoms with E-state index in [9.17, 15) is 14.4 Å². The molecule has 29 heavy (non-hydrogen) atoms. The van der Waals surface area contributed by atoms with Crippen molar-refractivity contribution in [1.29, 1.82) is 0 Å². The van der Waals surface area contributed by atoms with Gasteiger partial charge in [-0.2, -0.15) is 0 Å². The van der Waals surface area contributed by atoms with Crippen LogP contribution >= 0.6 is 11.8 Å². The normalized spacial score (nSPS) is 19.9. The number of carbonyl (C=O) groups is 3. The Balaban J connectivity index is 2.01. The van der Waals surface area contributed by atoms with Crippen molar-refractivity contribution < 1.29 is 19.1 Å². The third-order valence-corrected chi connectivity index (χ3v) is 5.32. The van der Waals surface area contributed by atoms with Crippen molar-refractivity contribution in [2.75, 3.05) is 34.2 Å². The van der Waals surface area contributed by atoms with Crippen LogP contribution in [0.15, 0.2) is 16.1 Å². The van der Waals surface area contributed by atoms with Crippen LogP contribution in [0.25, 0.3) is 0 Å². The first-order valence-electron chi connectivity index (χ1n) is 9.60. The largest absolute Gasteiger partial charge is 0.444 e. The highest BCUT2D eigenvalue weighted by Gasteiger charge is 2.33. The lowest BCUT2D eigenvalue weighted by Crippen LogP contribution is -2.54. The summed E-state index contributed by atoms with van der Waals surface area (Å²) in [5, 5.41) is 4.64. The molecule has 2 heterocycles. The van der Waals surface area contributed by atoms with E-state index in [1.54, 1.807) is 34.9 Å². The molecule has 0 aromatic carbocycles. The number of nitrogens with zero attached hydrogens (tertiary/aromatic N) is 3. The van der Waals surface area contributed by atoms with Gasteiger partial charge < -0.3 is 25.2 Å². The third kappa shape index (κ3) is 6.95. The molecule has 0 saturated heterocycles. The molecule has 0 saturated carbocycles. The van der Waals surface area contributed by atoms with E-state index in [-0.39, 0.29) is 18.4 Å². The van der Waals surface area contributed by atoms with Crippen LogP contribution in [0.3, 0.4) is 0 Å². The van der Waals surface area contributed by atoms with E-state index in [4.69, 9.17) is 4.74 Å². The van der Waals surface area contributed by atoms with Crippen molar-refractivity contribution in [3.63, 3.8) is 0 Å². The van der Waals surface area contributed by atoms with Crippen LogP contribution in [0.5, 0.6) is 0 Å². The van der Waals surface area contributed by atoms with Gasteiger partial charge in [0.1, 0.15) is 11.6 Å². The Kier molecular flexibility index (Phi) is 7.56. The number of nitrogens with one attached hydrogen (secondary N) is 2. The number of fused-ring (bicyclic) bond motifs is 1. The number of alkyl carbamates (subject to hydrolysis) is 1. The quantitative estimate of drug-likeness (QED) is 0.685. The molecule has 0 spiro atoms. The predicted octanol–water partition coefficient (Wildman–Crippen LogP) is 1.17. The van der Waals surface area contributed by atoms with Crippen molar-refractivity contribution >= 4 is 35.4 Å². The van der Waals surface area contributed by atoms with Crippen LogP contribution in [-0.4, -0.2) is 84.7 Å². The van der Waals surface area contributed by atoms with E-state index in [2.05, 4.69) is 20.5 Å². The minimum Gasteiger partial charge on any atom is -0.444 e. The molecule has 1 unspecified atom stereocenters. The lowest BCUT2D eigenvalue weighted by Gasteiger charge is -2.24. The Morgan fingerprint density at radius 1 is 1.38 bits per heavy atom. The van der Waals surface area contributed by atoms with Crippen LogP contribution in [0.2, 0.25) is 0 Å². The number of rotatable bonds is 5. The summed E-state index contributed by atoms with van der Waals surface area (Å²) in [5.41, 5.74) is 0.280. The smallest absolute Gasteiger partial charge is 0.407 e. The zero-order valence-corrected chi connectivity index (χ0v) is 18.8. The summed E-state index contributed by atoms with van der Waals surface area (Å²) < 4.78 is 5.19. The van der Waals surface area contributed by atoms with E-state index in [0.29, 0.717) is 0 Å². The molecule has 2 aliphatic rings. The molecule has 2 N–H and O–H groups in total. The summed E-state index contributed by atoms with van der Waals surface area (Å²) in [5.74, 6) is -0.677. The highest BCUT2D eigenvalue weighted by atomic mass is 32.2. The van der Waals surface area contributed by atoms with Crippen molar-refractivity contribution in [2.24, 2.45) is 4.99 Å². The van der Waals surface area contributed by atoms with E-state index in [1.807, 2.05) is 13.2 Å². The molecule has 3 amide bonds. The zero-order valence-electron chi connectivity index (χ0n) is 17.9. The molecule has 0 aliphatic carbocycles. The number of hydrogen-bond donors (Lipinski definition) is 2. The SMILES string of the molecule is CN1C=C2SC(C(=O)N[C@@H](CNC(=O)OC(C)(C)C)C(=O)N(C)C)N=C2CCC1. The molecule has 2 atom stereocenters. The molecule has 0 bridgehead atoms. The van der Waals surface area contributed by atoms with E-state index >= 15 is 0 Å². The lowest BCUT2D eigenvalue weighted by atomic mass is 10.2. The highest BCUT2D eigenvalue weighted by Crippen LogP contribution is 2.34. The van der Waals surface area contributed by atoms with Crippen LogP contribution < -0.4 is 10.6 Å². The van der Waals surface area contributed by atoms with Gasteiger partial charge in [-0.15, -0.1) is 0 Å². The molecule has 9 nitrogen and oxygen atoms in total. The number of likely N-dealkylation sites (N-methyl/N-ethyl adjacent to an activating group) is 1. The molecule has 10 heteroatoms. The summed E-state index contributed by atoms with van der Waals surface area (Å²) in [7, 11) is 5.19. The number of allylic oxidation sites excluding steroid dienone is 1. The van der Waals surface area contributed by atoms with Gasteiger partial charge in [0.05, 0.1) is 12.3 Å². The fraction of sp³-hybridized carbons (Fsp3) is 0.684. The van der Waals surface area contributed by atoms with Crippen molar-refractivity contribution in [1.82, 2.24) is 20.4 Å². The number of ether oxygens (including phenoxy) is 1. The first kappa shape index (κ1) is 23.1. The van der Waals surface area contributed by atoms with Crippen molar-refractivity contribution in [2.45, 2.75) is 50.6 Å². The van der Waals surface area contributed by atoms with E-state index < -0.39 is 23.1 Å². The maximum atomic E-state index is 12.8. The Bertz CT molecular complexity index is 714. The van der Waals surface area contributed by atoms with Crippen LogP contribution in [-0.2, 0) is 14.3 Å². The third-order valence-electron chi connectivity index (χ3n) is 4.19. The second kappa shape index (κ2) is 9.51. The minimum absolute atomic E-state index is 0.0724. The van der Waals surface area contributed by atoms with Crippen LogP contribution in [0.4, 0.5) is 4.79 Å². The molecular weight excluding hydrogens is 394 g/mol. The lowest BCUT2D eigenvalue weighted by molar-refractivity contribution is -0.134. The number of amides is 3. The molecule has 2 aliphatic heterocycles. The van der Waals surface area contributed by atoms with Gasteiger partial charge in [-0.3, -0.25) is 14.6 Å². The Hall–Kier alpha value is -2.23. The maximum absolute atomic E-state index is 12.8. The molecule has 2 rings (SSSR count). The van der Waals surface area contributed by atoms with E-state index in [1.165, 1.54) is 16.7 Å². The van der Waals surface area contributed by atoms with Gasteiger partial charge in [0.2, 0.25) is 5.91 Å². The van der Waals surface area contributed by atoms with Gasteiger partial charge in [0, 0.05) is 38.8 Å². The first-order valence-corrected chi connectivity index (χ1v) is 10.5. The molecule has 0 aromatic heterocycles. The molecule has 162 valence electrons. The Morgan fingerprint density at radius 3 is 2.69 bits per heavy atom. The second-order valence-corrected chi connectivity index (χ2v) is 9.42. The monoisotopic (exact) mass is 425 g/mol. The van der Waals surface area contributed by atoms with Crippen molar-refractivity contribution in [3.8, 4) is 0 Å². The standard InChI is InChI=1S/C19H31N5O4S/c1-19(2,3)28-18(27)20-10-13(17(26)23(4)5)21-15(25)16-22-12-8-7-9-24(6)11-14(12)29-16/h11,13,16H,7-10H2,1-6H3,(H,20,27)(H,21,25)/t13-,16?/m0/s1. The molecule has 0 radical (unpaired) electrons. The van der Waals surface area contributed by atoms with Gasteiger partial charge in [-0.05, 0) is 33.6 Å². The van der Waals surface area contributed by atoms with Crippen LogP contribution in [0, 0.1) is 0 Å². The summed E-state index contributed by atoms with van der Waals surface area (Å²) in [6.07, 6.45) is 3.17. The highest BCUT2D eigenvalue weighted by molar-refractivity contribution is 8.05. The zero-order chi connectivity index (χ0) is 21.8. The molecular formula is C19H31N5O4S. The molecule has 0 aromatic rings.